The Bertz CT molecular complexity index is 1120. The monoisotopic (exact) mass is 563 g/mol. The molecule has 0 unspecified atom stereocenters. The van der Waals surface area contributed by atoms with Gasteiger partial charge in [-0.05, 0) is 57.2 Å². The second-order valence-corrected chi connectivity index (χ2v) is 11.0. The summed E-state index contributed by atoms with van der Waals surface area (Å²) >= 11 is 7.12. The van der Waals surface area contributed by atoms with E-state index in [4.69, 9.17) is 4.74 Å². The lowest BCUT2D eigenvalue weighted by atomic mass is 10.2. The van der Waals surface area contributed by atoms with Crippen molar-refractivity contribution in [2.75, 3.05) is 32.7 Å². The fourth-order valence-corrected chi connectivity index (χ4v) is 4.83. The Morgan fingerprint density at radius 3 is 1.91 bits per heavy atom. The zero-order valence-corrected chi connectivity index (χ0v) is 21.7. The van der Waals surface area contributed by atoms with Crippen LogP contribution >= 0.6 is 31.9 Å². The van der Waals surface area contributed by atoms with Gasteiger partial charge in [0.2, 0.25) is 0 Å². The van der Waals surface area contributed by atoms with E-state index in [1.165, 1.54) is 0 Å². The van der Waals surface area contributed by atoms with Gasteiger partial charge < -0.3 is 14.2 Å². The van der Waals surface area contributed by atoms with Crippen molar-refractivity contribution in [1.82, 2.24) is 14.4 Å². The van der Waals surface area contributed by atoms with Crippen molar-refractivity contribution in [3.8, 4) is 0 Å². The number of halogens is 2. The van der Waals surface area contributed by atoms with Crippen molar-refractivity contribution in [3.05, 3.63) is 45.3 Å². The van der Waals surface area contributed by atoms with Gasteiger partial charge in [-0.2, -0.15) is 0 Å². The summed E-state index contributed by atoms with van der Waals surface area (Å²) in [7, 11) is 0. The summed E-state index contributed by atoms with van der Waals surface area (Å²) in [6.07, 6.45) is -0.286. The Kier molecular flexibility index (Phi) is 6.66. The highest BCUT2D eigenvalue weighted by molar-refractivity contribution is 9.10. The Balaban J connectivity index is 1.44. The fraction of sp³-hybridized carbons (Fsp3) is 0.417. The Morgan fingerprint density at radius 1 is 0.875 bits per heavy atom. The first-order chi connectivity index (χ1) is 15.1. The van der Waals surface area contributed by atoms with Crippen LogP contribution in [0.2, 0.25) is 0 Å². The number of carbonyl (C=O) groups is 2. The summed E-state index contributed by atoms with van der Waals surface area (Å²) in [5, 5.41) is 2.24. The summed E-state index contributed by atoms with van der Waals surface area (Å²) in [6.45, 7) is 8.75. The zero-order valence-electron chi connectivity index (χ0n) is 18.5. The highest BCUT2D eigenvalue weighted by Gasteiger charge is 2.26. The SMILES string of the molecule is CC(C)(C)OC(=O)N1CCN(CC(=O)Cn2c3ccc(Br)cc3c3cc(Br)ccc32)CC1. The number of ketones is 1. The lowest BCUT2D eigenvalue weighted by Crippen LogP contribution is -2.51. The Labute approximate surface area is 204 Å². The smallest absolute Gasteiger partial charge is 0.410 e. The minimum atomic E-state index is -0.502. The molecule has 1 saturated heterocycles. The molecule has 0 aliphatic carbocycles. The average Bonchev–Trinajstić information content (AvgIpc) is 2.99. The third-order valence-electron chi connectivity index (χ3n) is 5.55. The van der Waals surface area contributed by atoms with Crippen molar-refractivity contribution in [1.29, 1.82) is 0 Å². The fourth-order valence-electron chi connectivity index (χ4n) is 4.11. The van der Waals surface area contributed by atoms with Gasteiger partial charge in [-0.1, -0.05) is 31.9 Å². The highest BCUT2D eigenvalue weighted by atomic mass is 79.9. The van der Waals surface area contributed by atoms with E-state index in [2.05, 4.69) is 65.6 Å². The molecule has 0 atom stereocenters. The number of benzene rings is 2. The Hall–Kier alpha value is -1.90. The number of amides is 1. The molecule has 0 radical (unpaired) electrons. The molecule has 0 bridgehead atoms. The van der Waals surface area contributed by atoms with Gasteiger partial charge in [0.25, 0.3) is 0 Å². The third kappa shape index (κ3) is 5.18. The number of aromatic nitrogens is 1. The first-order valence-corrected chi connectivity index (χ1v) is 12.3. The van der Waals surface area contributed by atoms with Crippen molar-refractivity contribution in [2.45, 2.75) is 32.9 Å². The van der Waals surface area contributed by atoms with Crippen LogP contribution in [0.1, 0.15) is 20.8 Å². The number of hydrogen-bond donors (Lipinski definition) is 0. The van der Waals surface area contributed by atoms with Crippen LogP contribution in [0, 0.1) is 0 Å². The van der Waals surface area contributed by atoms with E-state index < -0.39 is 5.60 Å². The molecule has 1 amide bonds. The number of nitrogens with zero attached hydrogens (tertiary/aromatic N) is 3. The maximum Gasteiger partial charge on any atom is 0.410 e. The number of Topliss-reactive ketones (excluding diaryl/α,β-unsaturated/α-hetero) is 1. The molecule has 6 nitrogen and oxygen atoms in total. The highest BCUT2D eigenvalue weighted by Crippen LogP contribution is 2.33. The van der Waals surface area contributed by atoms with E-state index in [1.807, 2.05) is 32.9 Å². The summed E-state index contributed by atoms with van der Waals surface area (Å²) < 4.78 is 9.58. The second kappa shape index (κ2) is 9.15. The van der Waals surface area contributed by atoms with Gasteiger partial charge in [0.05, 0.1) is 13.1 Å². The number of fused-ring (bicyclic) bond motifs is 3. The summed E-state index contributed by atoms with van der Waals surface area (Å²) in [5.74, 6) is 0.153. The van der Waals surface area contributed by atoms with E-state index in [0.29, 0.717) is 39.3 Å². The minimum absolute atomic E-state index is 0.153. The molecule has 1 aliphatic rings. The van der Waals surface area contributed by atoms with Gasteiger partial charge in [-0.25, -0.2) is 4.79 Å². The van der Waals surface area contributed by atoms with Gasteiger partial charge in [-0.3, -0.25) is 9.69 Å². The Morgan fingerprint density at radius 2 is 1.41 bits per heavy atom. The predicted octanol–water partition coefficient (Wildman–Crippen LogP) is 5.44. The van der Waals surface area contributed by atoms with E-state index in [0.717, 1.165) is 30.8 Å². The van der Waals surface area contributed by atoms with E-state index in [9.17, 15) is 9.59 Å². The maximum absolute atomic E-state index is 13.0. The summed E-state index contributed by atoms with van der Waals surface area (Å²) in [4.78, 5) is 29.1. The standard InChI is InChI=1S/C24H27Br2N3O3/c1-24(2,3)32-23(31)28-10-8-27(9-11-28)14-18(30)15-29-21-6-4-16(25)12-19(21)20-13-17(26)5-7-22(20)29/h4-7,12-13H,8-11,14-15H2,1-3H3. The van der Waals surface area contributed by atoms with Crippen LogP contribution < -0.4 is 0 Å². The van der Waals surface area contributed by atoms with Crippen LogP contribution in [-0.2, 0) is 16.1 Å². The van der Waals surface area contributed by atoms with Crippen molar-refractivity contribution in [2.24, 2.45) is 0 Å². The quantitative estimate of drug-likeness (QED) is 0.423. The zero-order chi connectivity index (χ0) is 23.0. The predicted molar refractivity (Wildman–Crippen MR) is 134 cm³/mol. The molecular weight excluding hydrogens is 538 g/mol. The van der Waals surface area contributed by atoms with Gasteiger partial charge in [-0.15, -0.1) is 0 Å². The lowest BCUT2D eigenvalue weighted by Gasteiger charge is -2.35. The van der Waals surface area contributed by atoms with Crippen LogP contribution in [0.4, 0.5) is 4.79 Å². The van der Waals surface area contributed by atoms with Crippen LogP contribution in [0.5, 0.6) is 0 Å². The van der Waals surface area contributed by atoms with Crippen LogP contribution in [0.3, 0.4) is 0 Å². The molecule has 1 aliphatic heterocycles. The van der Waals surface area contributed by atoms with Gasteiger partial charge in [0, 0.05) is 56.9 Å². The molecule has 0 spiro atoms. The molecule has 0 N–H and O–H groups in total. The summed E-state index contributed by atoms with van der Waals surface area (Å²) in [5.41, 5.74) is 1.59. The number of hydrogen-bond acceptors (Lipinski definition) is 4. The molecule has 4 rings (SSSR count). The van der Waals surface area contributed by atoms with Crippen LogP contribution in [-0.4, -0.2) is 64.6 Å². The first-order valence-electron chi connectivity index (χ1n) is 10.7. The van der Waals surface area contributed by atoms with Crippen molar-refractivity contribution >= 4 is 65.5 Å². The van der Waals surface area contributed by atoms with Gasteiger partial charge >= 0.3 is 6.09 Å². The largest absolute Gasteiger partial charge is 0.444 e. The third-order valence-corrected chi connectivity index (χ3v) is 6.53. The molecule has 170 valence electrons. The average molecular weight is 565 g/mol. The molecule has 8 heteroatoms. The topological polar surface area (TPSA) is 54.8 Å². The number of piperazine rings is 1. The minimum Gasteiger partial charge on any atom is -0.444 e. The van der Waals surface area contributed by atoms with Crippen molar-refractivity contribution in [3.63, 3.8) is 0 Å². The number of rotatable bonds is 4. The van der Waals surface area contributed by atoms with Gasteiger partial charge in [0.15, 0.2) is 5.78 Å². The normalized spacial score (nSPS) is 15.5. The molecule has 0 saturated carbocycles. The second-order valence-electron chi connectivity index (χ2n) is 9.19. The molecule has 2 heterocycles. The van der Waals surface area contributed by atoms with E-state index >= 15 is 0 Å². The van der Waals surface area contributed by atoms with Gasteiger partial charge in [0.1, 0.15) is 5.60 Å². The molecular formula is C24H27Br2N3O3. The van der Waals surface area contributed by atoms with Crippen LogP contribution in [0.25, 0.3) is 21.8 Å². The number of ether oxygens (including phenoxy) is 1. The molecule has 2 aromatic carbocycles. The molecule has 3 aromatic rings. The molecule has 1 aromatic heterocycles. The number of carbonyl (C=O) groups excluding carboxylic acids is 2. The van der Waals surface area contributed by atoms with E-state index in [1.54, 1.807) is 4.90 Å². The molecule has 1 fully saturated rings. The molecule has 32 heavy (non-hydrogen) atoms. The first kappa shape index (κ1) is 23.3. The van der Waals surface area contributed by atoms with Crippen molar-refractivity contribution < 1.29 is 14.3 Å². The lowest BCUT2D eigenvalue weighted by molar-refractivity contribution is -0.121. The summed E-state index contributed by atoms with van der Waals surface area (Å²) in [6, 6.07) is 12.3. The van der Waals surface area contributed by atoms with Crippen LogP contribution in [0.15, 0.2) is 45.3 Å². The maximum atomic E-state index is 13.0. The van der Waals surface area contributed by atoms with E-state index in [-0.39, 0.29) is 11.9 Å².